The Balaban J connectivity index is 1.69. The zero-order valence-electron chi connectivity index (χ0n) is 15.6. The van der Waals surface area contributed by atoms with Crippen LogP contribution in [0.1, 0.15) is 26.3 Å². The van der Waals surface area contributed by atoms with E-state index in [4.69, 9.17) is 23.2 Å². The highest BCUT2D eigenvalue weighted by Crippen LogP contribution is 2.29. The van der Waals surface area contributed by atoms with Gasteiger partial charge >= 0.3 is 0 Å². The molecule has 1 heterocycles. The minimum atomic E-state index is -1.05. The van der Waals surface area contributed by atoms with Crippen molar-refractivity contribution >= 4 is 46.6 Å². The molecule has 1 aliphatic rings. The lowest BCUT2D eigenvalue weighted by Gasteiger charge is -2.25. The van der Waals surface area contributed by atoms with Gasteiger partial charge in [-0.15, -0.1) is 0 Å². The SMILES string of the molecule is O=C(Nc1ccc(Cl)cc1Cl)C(Cc1ccccc1)N1C(=O)c2ccccc2C1=O. The van der Waals surface area contributed by atoms with Crippen molar-refractivity contribution in [1.29, 1.82) is 0 Å². The van der Waals surface area contributed by atoms with Crippen LogP contribution in [0.15, 0.2) is 72.8 Å². The lowest BCUT2D eigenvalue weighted by Crippen LogP contribution is -2.48. The van der Waals surface area contributed by atoms with Gasteiger partial charge in [0.15, 0.2) is 0 Å². The Morgan fingerprint density at radius 1 is 0.867 bits per heavy atom. The molecule has 1 aliphatic heterocycles. The number of anilines is 1. The number of hydrogen-bond acceptors (Lipinski definition) is 3. The molecule has 0 fully saturated rings. The molecule has 1 atom stereocenters. The predicted molar refractivity (Wildman–Crippen MR) is 116 cm³/mol. The summed E-state index contributed by atoms with van der Waals surface area (Å²) in [6.07, 6.45) is 0.170. The summed E-state index contributed by atoms with van der Waals surface area (Å²) in [6.45, 7) is 0. The highest BCUT2D eigenvalue weighted by molar-refractivity contribution is 6.36. The zero-order valence-corrected chi connectivity index (χ0v) is 17.2. The standard InChI is InChI=1S/C23H16Cl2N2O3/c24-15-10-11-19(18(25)13-15)26-21(28)20(12-14-6-2-1-3-7-14)27-22(29)16-8-4-5-9-17(16)23(27)30/h1-11,13,20H,12H2,(H,26,28). The van der Waals surface area contributed by atoms with Crippen LogP contribution in [-0.4, -0.2) is 28.7 Å². The average molecular weight is 439 g/mol. The summed E-state index contributed by atoms with van der Waals surface area (Å²) >= 11 is 12.1. The fraction of sp³-hybridized carbons (Fsp3) is 0.0870. The fourth-order valence-corrected chi connectivity index (χ4v) is 3.89. The molecule has 4 rings (SSSR count). The first kappa shape index (κ1) is 20.1. The Morgan fingerprint density at radius 2 is 1.47 bits per heavy atom. The molecule has 1 N–H and O–H groups in total. The number of carbonyl (C=O) groups excluding carboxylic acids is 3. The summed E-state index contributed by atoms with van der Waals surface area (Å²) in [5.74, 6) is -1.50. The van der Waals surface area contributed by atoms with Gasteiger partial charge in [0.1, 0.15) is 6.04 Å². The second-order valence-corrected chi connectivity index (χ2v) is 7.69. The second kappa shape index (κ2) is 8.30. The Labute approximate surface area is 183 Å². The third kappa shape index (κ3) is 3.82. The number of fused-ring (bicyclic) bond motifs is 1. The molecular formula is C23H16Cl2N2O3. The van der Waals surface area contributed by atoms with Gasteiger partial charge in [-0.05, 0) is 35.9 Å². The Bertz CT molecular complexity index is 1110. The van der Waals surface area contributed by atoms with Crippen LogP contribution in [-0.2, 0) is 11.2 Å². The molecule has 3 aromatic rings. The van der Waals surface area contributed by atoms with E-state index in [1.165, 1.54) is 6.07 Å². The highest BCUT2D eigenvalue weighted by atomic mass is 35.5. The largest absolute Gasteiger partial charge is 0.323 e. The van der Waals surface area contributed by atoms with Gasteiger partial charge in [0.25, 0.3) is 11.8 Å². The Morgan fingerprint density at radius 3 is 2.07 bits per heavy atom. The van der Waals surface area contributed by atoms with Crippen LogP contribution in [0.2, 0.25) is 10.0 Å². The lowest BCUT2D eigenvalue weighted by atomic mass is 10.0. The van der Waals surface area contributed by atoms with Crippen LogP contribution in [0.3, 0.4) is 0 Å². The molecule has 3 aromatic carbocycles. The van der Waals surface area contributed by atoms with Crippen LogP contribution in [0, 0.1) is 0 Å². The molecule has 150 valence electrons. The maximum atomic E-state index is 13.2. The van der Waals surface area contributed by atoms with Gasteiger partial charge in [-0.25, -0.2) is 0 Å². The maximum absolute atomic E-state index is 13.2. The highest BCUT2D eigenvalue weighted by Gasteiger charge is 2.42. The monoisotopic (exact) mass is 438 g/mol. The van der Waals surface area contributed by atoms with Crippen molar-refractivity contribution in [2.24, 2.45) is 0 Å². The van der Waals surface area contributed by atoms with E-state index in [-0.39, 0.29) is 22.6 Å². The normalized spacial score (nSPS) is 13.9. The van der Waals surface area contributed by atoms with Crippen LogP contribution >= 0.6 is 23.2 Å². The van der Waals surface area contributed by atoms with Crippen LogP contribution < -0.4 is 5.32 Å². The summed E-state index contributed by atoms with van der Waals surface area (Å²) in [5.41, 5.74) is 1.74. The number of halogens is 2. The van der Waals surface area contributed by atoms with E-state index in [1.807, 2.05) is 30.3 Å². The Kier molecular flexibility index (Phi) is 5.57. The number of benzene rings is 3. The van der Waals surface area contributed by atoms with Crippen molar-refractivity contribution in [3.05, 3.63) is 99.5 Å². The van der Waals surface area contributed by atoms with E-state index in [2.05, 4.69) is 5.32 Å². The Hall–Kier alpha value is -3.15. The molecule has 0 aliphatic carbocycles. The average Bonchev–Trinajstić information content (AvgIpc) is 3.00. The number of amides is 3. The van der Waals surface area contributed by atoms with E-state index >= 15 is 0 Å². The quantitative estimate of drug-likeness (QED) is 0.579. The fourth-order valence-electron chi connectivity index (χ4n) is 3.44. The van der Waals surface area contributed by atoms with Gasteiger partial charge in [0.05, 0.1) is 21.8 Å². The number of rotatable bonds is 5. The minimum absolute atomic E-state index is 0.170. The molecule has 0 bridgehead atoms. The molecule has 3 amide bonds. The molecule has 0 radical (unpaired) electrons. The van der Waals surface area contributed by atoms with E-state index in [0.29, 0.717) is 10.7 Å². The summed E-state index contributed by atoms with van der Waals surface area (Å²) < 4.78 is 0. The number of imide groups is 1. The molecule has 5 nitrogen and oxygen atoms in total. The molecule has 7 heteroatoms. The number of carbonyl (C=O) groups is 3. The number of hydrogen-bond donors (Lipinski definition) is 1. The molecule has 30 heavy (non-hydrogen) atoms. The predicted octanol–water partition coefficient (Wildman–Crippen LogP) is 4.84. The van der Waals surface area contributed by atoms with E-state index in [9.17, 15) is 14.4 Å². The maximum Gasteiger partial charge on any atom is 0.262 e. The van der Waals surface area contributed by atoms with Gasteiger partial charge < -0.3 is 5.32 Å². The first-order valence-electron chi connectivity index (χ1n) is 9.22. The van der Waals surface area contributed by atoms with E-state index in [1.54, 1.807) is 36.4 Å². The van der Waals surface area contributed by atoms with Crippen molar-refractivity contribution in [1.82, 2.24) is 4.90 Å². The minimum Gasteiger partial charge on any atom is -0.323 e. The van der Waals surface area contributed by atoms with Crippen molar-refractivity contribution < 1.29 is 14.4 Å². The molecule has 0 saturated heterocycles. The van der Waals surface area contributed by atoms with Gasteiger partial charge in [-0.1, -0.05) is 65.7 Å². The van der Waals surface area contributed by atoms with Gasteiger partial charge in [-0.3, -0.25) is 19.3 Å². The number of nitrogens with zero attached hydrogens (tertiary/aromatic N) is 1. The number of nitrogens with one attached hydrogen (secondary N) is 1. The van der Waals surface area contributed by atoms with Crippen molar-refractivity contribution in [2.45, 2.75) is 12.5 Å². The van der Waals surface area contributed by atoms with Crippen LogP contribution in [0.25, 0.3) is 0 Å². The first-order chi connectivity index (χ1) is 14.5. The summed E-state index contributed by atoms with van der Waals surface area (Å²) in [7, 11) is 0. The van der Waals surface area contributed by atoms with E-state index in [0.717, 1.165) is 10.5 Å². The molecule has 0 aromatic heterocycles. The third-order valence-electron chi connectivity index (χ3n) is 4.90. The van der Waals surface area contributed by atoms with E-state index < -0.39 is 23.8 Å². The van der Waals surface area contributed by atoms with Crippen molar-refractivity contribution in [2.75, 3.05) is 5.32 Å². The van der Waals surface area contributed by atoms with Crippen LogP contribution in [0.4, 0.5) is 5.69 Å². The summed E-state index contributed by atoms with van der Waals surface area (Å²) in [6, 6.07) is 19.4. The first-order valence-corrected chi connectivity index (χ1v) is 9.98. The smallest absolute Gasteiger partial charge is 0.262 e. The topological polar surface area (TPSA) is 66.5 Å². The van der Waals surface area contributed by atoms with Gasteiger partial charge in [0.2, 0.25) is 5.91 Å². The zero-order chi connectivity index (χ0) is 21.3. The third-order valence-corrected chi connectivity index (χ3v) is 5.45. The molecule has 0 saturated carbocycles. The van der Waals surface area contributed by atoms with Crippen molar-refractivity contribution in [3.8, 4) is 0 Å². The van der Waals surface area contributed by atoms with Gasteiger partial charge in [-0.2, -0.15) is 0 Å². The van der Waals surface area contributed by atoms with Crippen LogP contribution in [0.5, 0.6) is 0 Å². The lowest BCUT2D eigenvalue weighted by molar-refractivity contribution is -0.119. The molecule has 0 spiro atoms. The molecule has 1 unspecified atom stereocenters. The van der Waals surface area contributed by atoms with Gasteiger partial charge in [0, 0.05) is 11.4 Å². The summed E-state index contributed by atoms with van der Waals surface area (Å²) in [4.78, 5) is 40.2. The molecular weight excluding hydrogens is 423 g/mol. The summed E-state index contributed by atoms with van der Waals surface area (Å²) in [5, 5.41) is 3.42. The second-order valence-electron chi connectivity index (χ2n) is 6.84. The van der Waals surface area contributed by atoms with Crippen molar-refractivity contribution in [3.63, 3.8) is 0 Å².